The highest BCUT2D eigenvalue weighted by atomic mass is 35.5. The summed E-state index contributed by atoms with van der Waals surface area (Å²) in [5.74, 6) is -1.05. The van der Waals surface area contributed by atoms with Crippen molar-refractivity contribution in [2.45, 2.75) is 51.4 Å². The lowest BCUT2D eigenvalue weighted by Crippen LogP contribution is -2.52. The van der Waals surface area contributed by atoms with Gasteiger partial charge in [0.15, 0.2) is 0 Å². The molecule has 0 aromatic heterocycles. The molecule has 0 saturated carbocycles. The summed E-state index contributed by atoms with van der Waals surface area (Å²) in [7, 11) is 0. The van der Waals surface area contributed by atoms with E-state index < -0.39 is 17.5 Å². The molecule has 1 N–H and O–H groups in total. The fourth-order valence-corrected chi connectivity index (χ4v) is 3.64. The number of carbonyl (C=O) groups is 1. The third-order valence-electron chi connectivity index (χ3n) is 5.11. The summed E-state index contributed by atoms with van der Waals surface area (Å²) in [5.41, 5.74) is 0.906. The lowest BCUT2D eigenvalue weighted by atomic mass is 9.81. The van der Waals surface area contributed by atoms with Gasteiger partial charge in [-0.25, -0.2) is 8.78 Å². The van der Waals surface area contributed by atoms with E-state index in [4.69, 9.17) is 16.3 Å². The smallest absolute Gasteiger partial charge is 0.222 e. The van der Waals surface area contributed by atoms with E-state index >= 15 is 0 Å². The zero-order chi connectivity index (χ0) is 20.5. The molecule has 1 aliphatic heterocycles. The summed E-state index contributed by atoms with van der Waals surface area (Å²) in [6.07, 6.45) is 0.219. The molecule has 3 atom stereocenters. The summed E-state index contributed by atoms with van der Waals surface area (Å²) in [6.45, 7) is 5.63. The highest BCUT2D eigenvalue weighted by Crippen LogP contribution is 2.44. The summed E-state index contributed by atoms with van der Waals surface area (Å²) < 4.78 is 33.6. The monoisotopic (exact) mass is 407 g/mol. The van der Waals surface area contributed by atoms with Crippen molar-refractivity contribution in [1.82, 2.24) is 5.32 Å². The number of halogens is 3. The zero-order valence-electron chi connectivity index (χ0n) is 16.1. The minimum atomic E-state index is -0.556. The average molecular weight is 408 g/mol. The number of rotatable bonds is 4. The van der Waals surface area contributed by atoms with Crippen molar-refractivity contribution in [3.05, 3.63) is 70.2 Å². The fourth-order valence-electron chi connectivity index (χ4n) is 3.52. The lowest BCUT2D eigenvalue weighted by Gasteiger charge is -2.43. The van der Waals surface area contributed by atoms with E-state index in [0.29, 0.717) is 18.4 Å². The SMILES string of the molecule is CC(C)C(=O)N[C@]1(C)C[C@@H](c2ccc(F)cc2)O[C@@H](c2ccc(Cl)c(F)c2)C1. The first-order chi connectivity index (χ1) is 13.2. The molecule has 3 rings (SSSR count). The molecule has 3 nitrogen and oxygen atoms in total. The Morgan fingerprint density at radius 3 is 2.25 bits per heavy atom. The minimum Gasteiger partial charge on any atom is -0.365 e. The summed E-state index contributed by atoms with van der Waals surface area (Å²) in [4.78, 5) is 12.4. The van der Waals surface area contributed by atoms with Crippen molar-refractivity contribution in [2.24, 2.45) is 5.92 Å². The average Bonchev–Trinajstić information content (AvgIpc) is 2.63. The number of hydrogen-bond acceptors (Lipinski definition) is 2. The van der Waals surface area contributed by atoms with Crippen LogP contribution in [0.25, 0.3) is 0 Å². The van der Waals surface area contributed by atoms with Gasteiger partial charge in [-0.3, -0.25) is 4.79 Å². The van der Waals surface area contributed by atoms with Gasteiger partial charge in [-0.1, -0.05) is 43.6 Å². The Bertz CT molecular complexity index is 856. The van der Waals surface area contributed by atoms with Crippen LogP contribution in [0.1, 0.15) is 56.9 Å². The van der Waals surface area contributed by atoms with Gasteiger partial charge in [-0.05, 0) is 42.3 Å². The van der Waals surface area contributed by atoms with Crippen molar-refractivity contribution < 1.29 is 18.3 Å². The van der Waals surface area contributed by atoms with E-state index in [1.165, 1.54) is 24.3 Å². The largest absolute Gasteiger partial charge is 0.365 e. The van der Waals surface area contributed by atoms with E-state index in [1.54, 1.807) is 18.2 Å². The topological polar surface area (TPSA) is 38.3 Å². The first-order valence-electron chi connectivity index (χ1n) is 9.35. The van der Waals surface area contributed by atoms with Crippen molar-refractivity contribution in [2.75, 3.05) is 0 Å². The van der Waals surface area contributed by atoms with Gasteiger partial charge in [0.25, 0.3) is 0 Å². The van der Waals surface area contributed by atoms with Gasteiger partial charge in [0.05, 0.1) is 17.2 Å². The Hall–Kier alpha value is -1.98. The normalized spacial score (nSPS) is 25.0. The summed E-state index contributed by atoms with van der Waals surface area (Å²) in [5, 5.41) is 3.17. The predicted octanol–water partition coefficient (Wildman–Crippen LogP) is 5.74. The Kier molecular flexibility index (Phi) is 6.06. The number of nitrogens with one attached hydrogen (secondary N) is 1. The third kappa shape index (κ3) is 4.70. The van der Waals surface area contributed by atoms with Crippen molar-refractivity contribution in [3.8, 4) is 0 Å². The van der Waals surface area contributed by atoms with Crippen LogP contribution >= 0.6 is 11.6 Å². The molecule has 0 unspecified atom stereocenters. The van der Waals surface area contributed by atoms with Crippen molar-refractivity contribution >= 4 is 17.5 Å². The molecule has 1 aliphatic rings. The Morgan fingerprint density at radius 2 is 1.68 bits per heavy atom. The highest BCUT2D eigenvalue weighted by molar-refractivity contribution is 6.30. The summed E-state index contributed by atoms with van der Waals surface area (Å²) >= 11 is 5.81. The van der Waals surface area contributed by atoms with E-state index in [2.05, 4.69) is 5.32 Å². The molecule has 0 aliphatic carbocycles. The standard InChI is InChI=1S/C22H24ClF2NO2/c1-13(2)21(27)26-22(3)11-19(14-4-7-16(24)8-5-14)28-20(12-22)15-6-9-17(23)18(25)10-15/h4-10,13,19-20H,11-12H2,1-3H3,(H,26,27)/t19-,20+,22+/m0/s1. The maximum atomic E-state index is 14.0. The molecule has 150 valence electrons. The molecular formula is C22H24ClF2NO2. The number of benzene rings is 2. The third-order valence-corrected chi connectivity index (χ3v) is 5.41. The van der Waals surface area contributed by atoms with E-state index in [9.17, 15) is 13.6 Å². The Labute approximate surface area is 169 Å². The Balaban J connectivity index is 1.94. The molecular weight excluding hydrogens is 384 g/mol. The van der Waals surface area contributed by atoms with Crippen LogP contribution in [-0.2, 0) is 9.53 Å². The molecule has 1 saturated heterocycles. The van der Waals surface area contributed by atoms with Gasteiger partial charge < -0.3 is 10.1 Å². The molecule has 1 fully saturated rings. The Morgan fingerprint density at radius 1 is 1.11 bits per heavy atom. The van der Waals surface area contributed by atoms with Gasteiger partial charge in [0.2, 0.25) is 5.91 Å². The quantitative estimate of drug-likeness (QED) is 0.701. The van der Waals surface area contributed by atoms with E-state index in [0.717, 1.165) is 5.56 Å². The number of hydrogen-bond donors (Lipinski definition) is 1. The molecule has 1 amide bonds. The number of amides is 1. The van der Waals surface area contributed by atoms with Crippen molar-refractivity contribution in [1.29, 1.82) is 0 Å². The molecule has 2 aromatic rings. The minimum absolute atomic E-state index is 0.0468. The molecule has 0 radical (unpaired) electrons. The van der Waals surface area contributed by atoms with Gasteiger partial charge in [-0.2, -0.15) is 0 Å². The molecule has 6 heteroatoms. The second kappa shape index (κ2) is 8.18. The van der Waals surface area contributed by atoms with Crippen LogP contribution in [0.3, 0.4) is 0 Å². The van der Waals surface area contributed by atoms with Crippen LogP contribution in [0.15, 0.2) is 42.5 Å². The molecule has 2 aromatic carbocycles. The molecule has 28 heavy (non-hydrogen) atoms. The fraction of sp³-hybridized carbons (Fsp3) is 0.409. The van der Waals surface area contributed by atoms with Gasteiger partial charge in [-0.15, -0.1) is 0 Å². The predicted molar refractivity (Wildman–Crippen MR) is 105 cm³/mol. The van der Waals surface area contributed by atoms with Crippen LogP contribution in [0.5, 0.6) is 0 Å². The number of carbonyl (C=O) groups excluding carboxylic acids is 1. The second-order valence-corrected chi connectivity index (χ2v) is 8.36. The van der Waals surface area contributed by atoms with Crippen LogP contribution < -0.4 is 5.32 Å². The van der Waals surface area contributed by atoms with E-state index in [-0.39, 0.29) is 28.8 Å². The highest BCUT2D eigenvalue weighted by Gasteiger charge is 2.40. The van der Waals surface area contributed by atoms with Gasteiger partial charge in [0, 0.05) is 24.3 Å². The van der Waals surface area contributed by atoms with Gasteiger partial charge in [0.1, 0.15) is 11.6 Å². The molecule has 0 bridgehead atoms. The second-order valence-electron chi connectivity index (χ2n) is 7.95. The first kappa shape index (κ1) is 20.7. The first-order valence-corrected chi connectivity index (χ1v) is 9.72. The molecule has 1 heterocycles. The maximum Gasteiger partial charge on any atom is 0.222 e. The van der Waals surface area contributed by atoms with Gasteiger partial charge >= 0.3 is 0 Å². The van der Waals surface area contributed by atoms with Crippen molar-refractivity contribution in [3.63, 3.8) is 0 Å². The lowest BCUT2D eigenvalue weighted by molar-refractivity contribution is -0.131. The number of ether oxygens (including phenoxy) is 1. The van der Waals surface area contributed by atoms with Crippen LogP contribution in [0, 0.1) is 17.6 Å². The maximum absolute atomic E-state index is 14.0. The van der Waals surface area contributed by atoms with Crippen LogP contribution in [0.2, 0.25) is 5.02 Å². The van der Waals surface area contributed by atoms with Crippen LogP contribution in [0.4, 0.5) is 8.78 Å². The summed E-state index contributed by atoms with van der Waals surface area (Å²) in [6, 6.07) is 10.7. The zero-order valence-corrected chi connectivity index (χ0v) is 16.9. The van der Waals surface area contributed by atoms with E-state index in [1.807, 2.05) is 20.8 Å². The molecule has 0 spiro atoms. The van der Waals surface area contributed by atoms with Crippen LogP contribution in [-0.4, -0.2) is 11.4 Å².